The van der Waals surface area contributed by atoms with E-state index >= 15 is 0 Å². The van der Waals surface area contributed by atoms with E-state index in [0.717, 1.165) is 0 Å². The highest BCUT2D eigenvalue weighted by atomic mass is 16.6. The van der Waals surface area contributed by atoms with E-state index in [0.29, 0.717) is 5.56 Å². The number of nitro benzene ring substituents is 1. The average Bonchev–Trinajstić information content (AvgIpc) is 2.36. The molecule has 0 amide bonds. The van der Waals surface area contributed by atoms with Crippen LogP contribution in [0.4, 0.5) is 5.69 Å². The van der Waals surface area contributed by atoms with Crippen molar-refractivity contribution in [2.24, 2.45) is 0 Å². The van der Waals surface area contributed by atoms with Crippen molar-refractivity contribution in [3.63, 3.8) is 0 Å². The molecular weight excluding hydrogens is 238 g/mol. The highest BCUT2D eigenvalue weighted by Gasteiger charge is 2.16. The number of carbonyl (C=O) groups excluding carboxylic acids is 2. The van der Waals surface area contributed by atoms with Crippen LogP contribution in [-0.4, -0.2) is 23.8 Å². The Bertz CT molecular complexity index is 469. The molecule has 96 valence electrons. The summed E-state index contributed by atoms with van der Waals surface area (Å²) in [4.78, 5) is 32.6. The van der Waals surface area contributed by atoms with Crippen LogP contribution in [0.25, 0.3) is 0 Å². The largest absolute Gasteiger partial charge is 0.469 e. The molecule has 6 nitrogen and oxygen atoms in total. The van der Waals surface area contributed by atoms with Crippen LogP contribution in [0.2, 0.25) is 0 Å². The number of rotatable bonds is 6. The molecular formula is C12H13NO5. The summed E-state index contributed by atoms with van der Waals surface area (Å²) in [5.41, 5.74) is 0.279. The Morgan fingerprint density at radius 2 is 1.94 bits per heavy atom. The van der Waals surface area contributed by atoms with Crippen molar-refractivity contribution < 1.29 is 19.2 Å². The number of ketones is 1. The molecule has 0 aromatic heterocycles. The van der Waals surface area contributed by atoms with Gasteiger partial charge in [0.25, 0.3) is 5.69 Å². The first-order valence-electron chi connectivity index (χ1n) is 5.35. The lowest BCUT2D eigenvalue weighted by Crippen LogP contribution is -2.09. The van der Waals surface area contributed by atoms with Crippen molar-refractivity contribution in [1.82, 2.24) is 0 Å². The topological polar surface area (TPSA) is 86.5 Å². The molecule has 0 saturated heterocycles. The third kappa shape index (κ3) is 3.97. The van der Waals surface area contributed by atoms with Crippen molar-refractivity contribution in [2.75, 3.05) is 7.11 Å². The van der Waals surface area contributed by atoms with Crippen LogP contribution >= 0.6 is 0 Å². The third-order valence-electron chi connectivity index (χ3n) is 2.41. The molecule has 6 heteroatoms. The maximum absolute atomic E-state index is 11.6. The first-order valence-corrected chi connectivity index (χ1v) is 5.35. The fourth-order valence-electron chi connectivity index (χ4n) is 1.48. The van der Waals surface area contributed by atoms with E-state index in [1.807, 2.05) is 0 Å². The van der Waals surface area contributed by atoms with Crippen molar-refractivity contribution >= 4 is 17.4 Å². The molecule has 0 aliphatic heterocycles. The van der Waals surface area contributed by atoms with Crippen LogP contribution in [0, 0.1) is 10.1 Å². The number of hydrogen-bond acceptors (Lipinski definition) is 5. The minimum absolute atomic E-state index is 0.00400. The minimum Gasteiger partial charge on any atom is -0.469 e. The Hall–Kier alpha value is -2.24. The monoisotopic (exact) mass is 251 g/mol. The molecule has 0 aliphatic rings. The van der Waals surface area contributed by atoms with Crippen molar-refractivity contribution in [2.45, 2.75) is 19.3 Å². The quantitative estimate of drug-likeness (QED) is 0.436. The summed E-state index contributed by atoms with van der Waals surface area (Å²) in [5, 5.41) is 10.7. The van der Waals surface area contributed by atoms with E-state index in [4.69, 9.17) is 0 Å². The second-order valence-electron chi connectivity index (χ2n) is 3.68. The van der Waals surface area contributed by atoms with Crippen LogP contribution in [0.15, 0.2) is 24.3 Å². The summed E-state index contributed by atoms with van der Waals surface area (Å²) in [6.45, 7) is 0. The zero-order chi connectivity index (χ0) is 13.5. The van der Waals surface area contributed by atoms with Gasteiger partial charge in [0.05, 0.1) is 18.5 Å². The van der Waals surface area contributed by atoms with Gasteiger partial charge < -0.3 is 4.74 Å². The van der Waals surface area contributed by atoms with Gasteiger partial charge in [0.1, 0.15) is 5.78 Å². The van der Waals surface area contributed by atoms with E-state index in [9.17, 15) is 19.7 Å². The summed E-state index contributed by atoms with van der Waals surface area (Å²) in [5.74, 6) is -0.694. The number of para-hydroxylation sites is 1. The molecule has 0 spiro atoms. The standard InChI is InChI=1S/C12H13NO5/c1-18-12(15)7-6-10(14)8-9-4-2-3-5-11(9)13(16)17/h2-5H,6-8H2,1H3. The molecule has 0 atom stereocenters. The molecule has 0 aliphatic carbocycles. The number of Topliss-reactive ketones (excluding diaryl/α,β-unsaturated/α-hetero) is 1. The van der Waals surface area contributed by atoms with Crippen LogP contribution in [0.5, 0.6) is 0 Å². The van der Waals surface area contributed by atoms with Crippen LogP contribution in [0.1, 0.15) is 18.4 Å². The number of esters is 1. The normalized spacial score (nSPS) is 9.83. The molecule has 0 fully saturated rings. The summed E-state index contributed by atoms with van der Waals surface area (Å²) in [6.07, 6.45) is -0.0250. The molecule has 0 bridgehead atoms. The number of hydrogen-bond donors (Lipinski definition) is 0. The molecule has 0 unspecified atom stereocenters. The third-order valence-corrected chi connectivity index (χ3v) is 2.41. The predicted molar refractivity (Wildman–Crippen MR) is 63.1 cm³/mol. The van der Waals surface area contributed by atoms with E-state index in [-0.39, 0.29) is 30.7 Å². The van der Waals surface area contributed by atoms with Crippen LogP contribution in [0.3, 0.4) is 0 Å². The van der Waals surface area contributed by atoms with Gasteiger partial charge in [-0.3, -0.25) is 19.7 Å². The second-order valence-corrected chi connectivity index (χ2v) is 3.68. The van der Waals surface area contributed by atoms with Gasteiger partial charge in [-0.1, -0.05) is 18.2 Å². The number of benzene rings is 1. The summed E-state index contributed by atoms with van der Waals surface area (Å²) < 4.78 is 4.41. The molecule has 0 radical (unpaired) electrons. The Labute approximate surface area is 104 Å². The summed E-state index contributed by atoms with van der Waals surface area (Å²) in [7, 11) is 1.24. The van der Waals surface area contributed by atoms with Crippen molar-refractivity contribution in [3.05, 3.63) is 39.9 Å². The molecule has 0 saturated carbocycles. The van der Waals surface area contributed by atoms with Crippen molar-refractivity contribution in [3.8, 4) is 0 Å². The lowest BCUT2D eigenvalue weighted by Gasteiger charge is -2.02. The first kappa shape index (κ1) is 13.8. The number of carbonyl (C=O) groups is 2. The molecule has 18 heavy (non-hydrogen) atoms. The van der Waals surface area contributed by atoms with Gasteiger partial charge >= 0.3 is 5.97 Å². The van der Waals surface area contributed by atoms with Crippen LogP contribution < -0.4 is 0 Å². The second kappa shape index (κ2) is 6.48. The average molecular weight is 251 g/mol. The fourth-order valence-corrected chi connectivity index (χ4v) is 1.48. The Morgan fingerprint density at radius 1 is 1.28 bits per heavy atom. The van der Waals surface area contributed by atoms with E-state index < -0.39 is 10.9 Å². The number of nitrogens with zero attached hydrogens (tertiary/aromatic N) is 1. The van der Waals surface area contributed by atoms with E-state index in [1.165, 1.54) is 19.2 Å². The van der Waals surface area contributed by atoms with E-state index in [1.54, 1.807) is 12.1 Å². The summed E-state index contributed by atoms with van der Waals surface area (Å²) >= 11 is 0. The fraction of sp³-hybridized carbons (Fsp3) is 0.333. The van der Waals surface area contributed by atoms with Crippen molar-refractivity contribution in [1.29, 1.82) is 0 Å². The maximum atomic E-state index is 11.6. The zero-order valence-corrected chi connectivity index (χ0v) is 9.92. The van der Waals surface area contributed by atoms with Gasteiger partial charge in [0.2, 0.25) is 0 Å². The highest BCUT2D eigenvalue weighted by molar-refractivity contribution is 5.85. The molecule has 0 N–H and O–H groups in total. The smallest absolute Gasteiger partial charge is 0.305 e. The first-order chi connectivity index (χ1) is 8.54. The van der Waals surface area contributed by atoms with Gasteiger partial charge in [-0.25, -0.2) is 0 Å². The number of nitro groups is 1. The maximum Gasteiger partial charge on any atom is 0.305 e. The highest BCUT2D eigenvalue weighted by Crippen LogP contribution is 2.18. The molecule has 1 rings (SSSR count). The van der Waals surface area contributed by atoms with Gasteiger partial charge in [-0.2, -0.15) is 0 Å². The number of methoxy groups -OCH3 is 1. The lowest BCUT2D eigenvalue weighted by atomic mass is 10.0. The minimum atomic E-state index is -0.525. The predicted octanol–water partition coefficient (Wildman–Crippen LogP) is 1.66. The molecule has 1 aromatic rings. The van der Waals surface area contributed by atoms with Gasteiger partial charge in [0, 0.05) is 24.5 Å². The SMILES string of the molecule is COC(=O)CCC(=O)Cc1ccccc1[N+](=O)[O-]. The van der Waals surface area contributed by atoms with Gasteiger partial charge in [-0.05, 0) is 0 Å². The Morgan fingerprint density at radius 3 is 2.56 bits per heavy atom. The molecule has 1 aromatic carbocycles. The molecule has 0 heterocycles. The zero-order valence-electron chi connectivity index (χ0n) is 9.92. The van der Waals surface area contributed by atoms with Gasteiger partial charge in [0.15, 0.2) is 0 Å². The summed E-state index contributed by atoms with van der Waals surface area (Å²) in [6, 6.07) is 6.06. The van der Waals surface area contributed by atoms with Gasteiger partial charge in [-0.15, -0.1) is 0 Å². The van der Waals surface area contributed by atoms with Crippen LogP contribution in [-0.2, 0) is 20.7 Å². The Kier molecular flexibility index (Phi) is 4.98. The van der Waals surface area contributed by atoms with E-state index in [2.05, 4.69) is 4.74 Å². The number of ether oxygens (including phenoxy) is 1. The Balaban J connectivity index is 2.65. The lowest BCUT2D eigenvalue weighted by molar-refractivity contribution is -0.385.